The summed E-state index contributed by atoms with van der Waals surface area (Å²) in [6, 6.07) is 11.6. The molecule has 166 valence electrons. The number of nitrogens with two attached hydrogens (primary N) is 1. The third kappa shape index (κ3) is 4.22. The van der Waals surface area contributed by atoms with Crippen LogP contribution in [0.2, 0.25) is 0 Å². The van der Waals surface area contributed by atoms with Gasteiger partial charge in [-0.3, -0.25) is 4.79 Å². The van der Waals surface area contributed by atoms with Crippen molar-refractivity contribution in [3.63, 3.8) is 0 Å². The van der Waals surface area contributed by atoms with Gasteiger partial charge in [0.2, 0.25) is 11.9 Å². The monoisotopic (exact) mass is 433 g/mol. The molecule has 0 spiro atoms. The zero-order valence-corrected chi connectivity index (χ0v) is 18.5. The Hall–Kier alpha value is -3.65. The van der Waals surface area contributed by atoms with Gasteiger partial charge in [-0.15, -0.1) is 0 Å². The molecule has 1 amide bonds. The average Bonchev–Trinajstić information content (AvgIpc) is 2.91. The predicted octanol–water partition coefficient (Wildman–Crippen LogP) is 3.45. The van der Waals surface area contributed by atoms with Crippen molar-refractivity contribution in [1.82, 2.24) is 9.97 Å². The number of aromatic nitrogens is 2. The van der Waals surface area contributed by atoms with Crippen molar-refractivity contribution >= 4 is 23.2 Å². The van der Waals surface area contributed by atoms with Gasteiger partial charge in [0, 0.05) is 35.6 Å². The highest BCUT2D eigenvalue weighted by atomic mass is 16.5. The first-order valence-corrected chi connectivity index (χ1v) is 10.5. The number of aryl methyl sites for hydroxylation is 1. The number of carbonyl (C=O) groups excluding carboxylic acids is 1. The molecule has 0 atom stereocenters. The normalized spacial score (nSPS) is 12.6. The lowest BCUT2D eigenvalue weighted by Crippen LogP contribution is -2.33. The van der Waals surface area contributed by atoms with E-state index >= 15 is 0 Å². The standard InChI is InChI=1S/C24H27N5O3/c1-15-5-7-18-19(11-15)29(10-4-9-25)22(30)12-16-14-26-24(28-23(16)18)27-17-6-8-20(31-2)21(13-17)32-3/h5-8,11,13-14H,4,9-10,12,25H2,1-3H3,(H,26,27,28). The Labute approximate surface area is 187 Å². The molecule has 8 heteroatoms. The number of amides is 1. The third-order valence-corrected chi connectivity index (χ3v) is 5.43. The summed E-state index contributed by atoms with van der Waals surface area (Å²) in [4.78, 5) is 24.1. The highest BCUT2D eigenvalue weighted by molar-refractivity contribution is 6.02. The molecule has 0 aliphatic carbocycles. The average molecular weight is 434 g/mol. The maximum atomic E-state index is 13.1. The van der Waals surface area contributed by atoms with E-state index in [2.05, 4.69) is 10.3 Å². The molecule has 1 aliphatic rings. The number of nitrogens with one attached hydrogen (secondary N) is 1. The van der Waals surface area contributed by atoms with E-state index in [9.17, 15) is 4.79 Å². The molecule has 0 radical (unpaired) electrons. The fourth-order valence-corrected chi connectivity index (χ4v) is 3.83. The van der Waals surface area contributed by atoms with Gasteiger partial charge in [-0.05, 0) is 43.7 Å². The molecule has 3 N–H and O–H groups in total. The van der Waals surface area contributed by atoms with Crippen molar-refractivity contribution in [2.75, 3.05) is 37.5 Å². The molecule has 1 aliphatic heterocycles. The number of benzene rings is 2. The Kier molecular flexibility index (Phi) is 6.23. The molecular formula is C24H27N5O3. The highest BCUT2D eigenvalue weighted by Crippen LogP contribution is 2.37. The van der Waals surface area contributed by atoms with E-state index in [1.165, 1.54) is 0 Å². The fourth-order valence-electron chi connectivity index (χ4n) is 3.83. The fraction of sp³-hybridized carbons (Fsp3) is 0.292. The lowest BCUT2D eigenvalue weighted by molar-refractivity contribution is -0.117. The first-order valence-electron chi connectivity index (χ1n) is 10.5. The molecule has 0 saturated heterocycles. The second kappa shape index (κ2) is 9.23. The smallest absolute Gasteiger partial charge is 0.231 e. The number of nitrogens with zero attached hydrogens (tertiary/aromatic N) is 3. The molecule has 0 unspecified atom stereocenters. The lowest BCUT2D eigenvalue weighted by atomic mass is 10.0. The number of methoxy groups -OCH3 is 2. The maximum Gasteiger partial charge on any atom is 0.231 e. The lowest BCUT2D eigenvalue weighted by Gasteiger charge is -2.23. The van der Waals surface area contributed by atoms with Gasteiger partial charge >= 0.3 is 0 Å². The summed E-state index contributed by atoms with van der Waals surface area (Å²) >= 11 is 0. The molecule has 0 fully saturated rings. The minimum absolute atomic E-state index is 0.0215. The SMILES string of the molecule is COc1ccc(Nc2ncc3c(n2)-c2ccc(C)cc2N(CCCN)C(=O)C3)cc1OC. The molecule has 8 nitrogen and oxygen atoms in total. The summed E-state index contributed by atoms with van der Waals surface area (Å²) in [7, 11) is 3.19. The van der Waals surface area contributed by atoms with Crippen LogP contribution < -0.4 is 25.4 Å². The second-order valence-electron chi connectivity index (χ2n) is 7.65. The van der Waals surface area contributed by atoms with E-state index in [1.54, 1.807) is 20.4 Å². The maximum absolute atomic E-state index is 13.1. The van der Waals surface area contributed by atoms with Gasteiger partial charge in [-0.2, -0.15) is 0 Å². The Morgan fingerprint density at radius 1 is 1.12 bits per heavy atom. The van der Waals surface area contributed by atoms with Gasteiger partial charge in [0.15, 0.2) is 11.5 Å². The van der Waals surface area contributed by atoms with E-state index in [4.69, 9.17) is 20.2 Å². The van der Waals surface area contributed by atoms with Gasteiger partial charge in [0.1, 0.15) is 0 Å². The minimum Gasteiger partial charge on any atom is -0.493 e. The first-order chi connectivity index (χ1) is 15.5. The number of rotatable bonds is 7. The van der Waals surface area contributed by atoms with E-state index in [0.717, 1.165) is 40.2 Å². The van der Waals surface area contributed by atoms with E-state index in [1.807, 2.05) is 48.2 Å². The van der Waals surface area contributed by atoms with Crippen LogP contribution in [0.4, 0.5) is 17.3 Å². The van der Waals surface area contributed by atoms with E-state index in [-0.39, 0.29) is 12.3 Å². The Bertz CT molecular complexity index is 1150. The van der Waals surface area contributed by atoms with Gasteiger partial charge in [-0.1, -0.05) is 12.1 Å². The van der Waals surface area contributed by atoms with Crippen molar-refractivity contribution in [1.29, 1.82) is 0 Å². The van der Waals surface area contributed by atoms with Crippen LogP contribution in [-0.2, 0) is 11.2 Å². The quantitative estimate of drug-likeness (QED) is 0.588. The van der Waals surface area contributed by atoms with Crippen molar-refractivity contribution in [2.24, 2.45) is 5.73 Å². The van der Waals surface area contributed by atoms with Crippen molar-refractivity contribution in [2.45, 2.75) is 19.8 Å². The molecule has 0 bridgehead atoms. The van der Waals surface area contributed by atoms with Crippen LogP contribution in [0.5, 0.6) is 11.5 Å². The minimum atomic E-state index is 0.0215. The van der Waals surface area contributed by atoms with Crippen LogP contribution in [0.3, 0.4) is 0 Å². The topological polar surface area (TPSA) is 103 Å². The van der Waals surface area contributed by atoms with Crippen LogP contribution in [0.15, 0.2) is 42.6 Å². The van der Waals surface area contributed by atoms with Gasteiger partial charge in [0.05, 0.1) is 32.0 Å². The van der Waals surface area contributed by atoms with Gasteiger partial charge in [-0.25, -0.2) is 9.97 Å². The number of anilines is 3. The number of hydrogen-bond acceptors (Lipinski definition) is 7. The largest absolute Gasteiger partial charge is 0.493 e. The summed E-state index contributed by atoms with van der Waals surface area (Å²) in [6.07, 6.45) is 2.69. The molecule has 1 aromatic heterocycles. The van der Waals surface area contributed by atoms with Crippen molar-refractivity contribution in [3.05, 3.63) is 53.7 Å². The number of carbonyl (C=O) groups is 1. The molecule has 2 heterocycles. The van der Waals surface area contributed by atoms with Gasteiger partial charge < -0.3 is 25.4 Å². The zero-order valence-electron chi connectivity index (χ0n) is 18.5. The second-order valence-corrected chi connectivity index (χ2v) is 7.65. The summed E-state index contributed by atoms with van der Waals surface area (Å²) in [6.45, 7) is 3.11. The van der Waals surface area contributed by atoms with Crippen LogP contribution >= 0.6 is 0 Å². The Morgan fingerprint density at radius 3 is 2.69 bits per heavy atom. The first kappa shape index (κ1) is 21.6. The van der Waals surface area contributed by atoms with Crippen LogP contribution in [0.1, 0.15) is 17.5 Å². The number of fused-ring (bicyclic) bond motifs is 3. The van der Waals surface area contributed by atoms with E-state index in [0.29, 0.717) is 30.5 Å². The summed E-state index contributed by atoms with van der Waals surface area (Å²) in [5.41, 5.74) is 10.9. The molecular weight excluding hydrogens is 406 g/mol. The van der Waals surface area contributed by atoms with Crippen molar-refractivity contribution < 1.29 is 14.3 Å². The summed E-state index contributed by atoms with van der Waals surface area (Å²) in [5, 5.41) is 3.23. The molecule has 0 saturated carbocycles. The predicted molar refractivity (Wildman–Crippen MR) is 125 cm³/mol. The molecule has 2 aromatic carbocycles. The van der Waals surface area contributed by atoms with Crippen LogP contribution in [0, 0.1) is 6.92 Å². The zero-order chi connectivity index (χ0) is 22.7. The molecule has 3 aromatic rings. The summed E-state index contributed by atoms with van der Waals surface area (Å²) in [5.74, 6) is 1.70. The Morgan fingerprint density at radius 2 is 1.94 bits per heavy atom. The summed E-state index contributed by atoms with van der Waals surface area (Å²) < 4.78 is 10.7. The van der Waals surface area contributed by atoms with Crippen molar-refractivity contribution in [3.8, 4) is 22.8 Å². The van der Waals surface area contributed by atoms with E-state index < -0.39 is 0 Å². The molecule has 4 rings (SSSR count). The molecule has 32 heavy (non-hydrogen) atoms. The third-order valence-electron chi connectivity index (χ3n) is 5.43. The van der Waals surface area contributed by atoms with Crippen LogP contribution in [0.25, 0.3) is 11.3 Å². The Balaban J connectivity index is 1.74. The van der Waals surface area contributed by atoms with Crippen LogP contribution in [-0.4, -0.2) is 43.2 Å². The number of ether oxygens (including phenoxy) is 2. The highest BCUT2D eigenvalue weighted by Gasteiger charge is 2.27. The van der Waals surface area contributed by atoms with Gasteiger partial charge in [0.25, 0.3) is 0 Å². The number of hydrogen-bond donors (Lipinski definition) is 2.